The standard InChI is InChI=1S/C17H18O4S/c1-12-7-8-14(9-13(12)2)17(18)11-21-15-5-4-6-16(10-15)22(3,19)20/h4-10H,11H2,1-3H3. The molecule has 0 aliphatic rings. The molecule has 0 N–H and O–H groups in total. The van der Waals surface area contributed by atoms with Crippen LogP contribution in [0, 0.1) is 13.8 Å². The molecule has 22 heavy (non-hydrogen) atoms. The molecule has 0 aliphatic carbocycles. The molecule has 4 nitrogen and oxygen atoms in total. The third kappa shape index (κ3) is 3.95. The predicted octanol–water partition coefficient (Wildman–Crippen LogP) is 2.97. The molecule has 2 rings (SSSR count). The first-order valence-corrected chi connectivity index (χ1v) is 8.70. The molecule has 0 aliphatic heterocycles. The molecule has 0 saturated heterocycles. The van der Waals surface area contributed by atoms with E-state index in [1.165, 1.54) is 12.1 Å². The van der Waals surface area contributed by atoms with Crippen LogP contribution in [0.15, 0.2) is 47.4 Å². The molecule has 0 radical (unpaired) electrons. The van der Waals surface area contributed by atoms with E-state index in [4.69, 9.17) is 4.74 Å². The molecule has 0 heterocycles. The molecule has 0 spiro atoms. The summed E-state index contributed by atoms with van der Waals surface area (Å²) in [5.74, 6) is 0.216. The van der Waals surface area contributed by atoms with Gasteiger partial charge in [0.1, 0.15) is 5.75 Å². The zero-order valence-corrected chi connectivity index (χ0v) is 13.6. The molecular weight excluding hydrogens is 300 g/mol. The minimum atomic E-state index is -3.29. The van der Waals surface area contributed by atoms with Crippen LogP contribution in [0.5, 0.6) is 5.75 Å². The van der Waals surface area contributed by atoms with Gasteiger partial charge in [0.15, 0.2) is 22.2 Å². The fourth-order valence-corrected chi connectivity index (χ4v) is 2.60. The minimum Gasteiger partial charge on any atom is -0.485 e. The number of carbonyl (C=O) groups excluding carboxylic acids is 1. The third-order valence-electron chi connectivity index (χ3n) is 3.43. The second-order valence-corrected chi connectivity index (χ2v) is 7.27. The summed E-state index contributed by atoms with van der Waals surface area (Å²) in [6.07, 6.45) is 1.13. The first kappa shape index (κ1) is 16.2. The highest BCUT2D eigenvalue weighted by Gasteiger charge is 2.10. The van der Waals surface area contributed by atoms with Crippen molar-refractivity contribution in [2.75, 3.05) is 12.9 Å². The van der Waals surface area contributed by atoms with Gasteiger partial charge in [-0.15, -0.1) is 0 Å². The molecule has 0 aromatic heterocycles. The van der Waals surface area contributed by atoms with Crippen molar-refractivity contribution in [3.63, 3.8) is 0 Å². The number of rotatable bonds is 5. The van der Waals surface area contributed by atoms with Crippen molar-refractivity contribution >= 4 is 15.6 Å². The highest BCUT2D eigenvalue weighted by molar-refractivity contribution is 7.90. The Balaban J connectivity index is 2.09. The lowest BCUT2D eigenvalue weighted by Gasteiger charge is -2.08. The molecule has 2 aromatic carbocycles. The van der Waals surface area contributed by atoms with E-state index in [0.29, 0.717) is 11.3 Å². The first-order valence-electron chi connectivity index (χ1n) is 6.81. The number of benzene rings is 2. The van der Waals surface area contributed by atoms with Gasteiger partial charge < -0.3 is 4.74 Å². The van der Waals surface area contributed by atoms with Crippen LogP contribution in [-0.4, -0.2) is 27.1 Å². The number of sulfone groups is 1. The van der Waals surface area contributed by atoms with E-state index in [-0.39, 0.29) is 17.3 Å². The molecule has 2 aromatic rings. The van der Waals surface area contributed by atoms with E-state index in [2.05, 4.69) is 0 Å². The fourth-order valence-electron chi connectivity index (χ4n) is 1.94. The molecule has 0 unspecified atom stereocenters. The molecular formula is C17H18O4S. The highest BCUT2D eigenvalue weighted by Crippen LogP contribution is 2.18. The Morgan fingerprint density at radius 3 is 2.41 bits per heavy atom. The van der Waals surface area contributed by atoms with E-state index >= 15 is 0 Å². The van der Waals surface area contributed by atoms with Crippen LogP contribution in [0.25, 0.3) is 0 Å². The van der Waals surface area contributed by atoms with E-state index in [1.807, 2.05) is 26.0 Å². The molecule has 0 fully saturated rings. The van der Waals surface area contributed by atoms with Gasteiger partial charge in [0.05, 0.1) is 4.90 Å². The number of hydrogen-bond donors (Lipinski definition) is 0. The van der Waals surface area contributed by atoms with E-state index in [0.717, 1.165) is 17.4 Å². The van der Waals surface area contributed by atoms with Gasteiger partial charge >= 0.3 is 0 Å². The van der Waals surface area contributed by atoms with Crippen LogP contribution in [0.4, 0.5) is 0 Å². The first-order chi connectivity index (χ1) is 10.3. The van der Waals surface area contributed by atoms with Crippen molar-refractivity contribution in [2.24, 2.45) is 0 Å². The molecule has 116 valence electrons. The van der Waals surface area contributed by atoms with Crippen molar-refractivity contribution in [3.8, 4) is 5.75 Å². The molecule has 0 atom stereocenters. The number of ketones is 1. The Hall–Kier alpha value is -2.14. The quantitative estimate of drug-likeness (QED) is 0.795. The Morgan fingerprint density at radius 1 is 1.05 bits per heavy atom. The van der Waals surface area contributed by atoms with Crippen molar-refractivity contribution in [1.82, 2.24) is 0 Å². The number of carbonyl (C=O) groups is 1. The van der Waals surface area contributed by atoms with Gasteiger partial charge in [-0.2, -0.15) is 0 Å². The zero-order valence-electron chi connectivity index (χ0n) is 12.8. The monoisotopic (exact) mass is 318 g/mol. The summed E-state index contributed by atoms with van der Waals surface area (Å²) >= 11 is 0. The number of hydrogen-bond acceptors (Lipinski definition) is 4. The van der Waals surface area contributed by atoms with Gasteiger partial charge in [-0.05, 0) is 49.2 Å². The van der Waals surface area contributed by atoms with E-state index in [9.17, 15) is 13.2 Å². The largest absolute Gasteiger partial charge is 0.485 e. The van der Waals surface area contributed by atoms with Crippen LogP contribution in [0.1, 0.15) is 21.5 Å². The zero-order chi connectivity index (χ0) is 16.3. The maximum Gasteiger partial charge on any atom is 0.200 e. The number of aryl methyl sites for hydroxylation is 2. The molecule has 0 amide bonds. The lowest BCUT2D eigenvalue weighted by Crippen LogP contribution is -2.12. The van der Waals surface area contributed by atoms with Crippen LogP contribution in [0.3, 0.4) is 0 Å². The predicted molar refractivity (Wildman–Crippen MR) is 85.3 cm³/mol. The SMILES string of the molecule is Cc1ccc(C(=O)COc2cccc(S(C)(=O)=O)c2)cc1C. The smallest absolute Gasteiger partial charge is 0.200 e. The van der Waals surface area contributed by atoms with Gasteiger partial charge in [-0.1, -0.05) is 18.2 Å². The van der Waals surface area contributed by atoms with Crippen molar-refractivity contribution in [3.05, 3.63) is 59.2 Å². The van der Waals surface area contributed by atoms with Gasteiger partial charge in [0.25, 0.3) is 0 Å². The molecule has 5 heteroatoms. The number of ether oxygens (including phenoxy) is 1. The van der Waals surface area contributed by atoms with Gasteiger partial charge in [-0.3, -0.25) is 4.79 Å². The van der Waals surface area contributed by atoms with E-state index in [1.54, 1.807) is 18.2 Å². The minimum absolute atomic E-state index is 0.129. The second kappa shape index (κ2) is 6.32. The van der Waals surface area contributed by atoms with Crippen LogP contribution >= 0.6 is 0 Å². The van der Waals surface area contributed by atoms with Crippen LogP contribution in [0.2, 0.25) is 0 Å². The number of Topliss-reactive ketones (excluding diaryl/α,β-unsaturated/α-hetero) is 1. The average Bonchev–Trinajstić information content (AvgIpc) is 2.47. The maximum absolute atomic E-state index is 12.1. The Labute approximate surface area is 130 Å². The van der Waals surface area contributed by atoms with Gasteiger partial charge in [-0.25, -0.2) is 8.42 Å². The van der Waals surface area contributed by atoms with Crippen molar-refractivity contribution < 1.29 is 17.9 Å². The van der Waals surface area contributed by atoms with Crippen LogP contribution in [-0.2, 0) is 9.84 Å². The summed E-state index contributed by atoms with van der Waals surface area (Å²) < 4.78 is 28.4. The lowest BCUT2D eigenvalue weighted by atomic mass is 10.0. The topological polar surface area (TPSA) is 60.4 Å². The summed E-state index contributed by atoms with van der Waals surface area (Å²) in [6, 6.07) is 11.6. The average molecular weight is 318 g/mol. The van der Waals surface area contributed by atoms with Gasteiger partial charge in [0.2, 0.25) is 0 Å². The summed E-state index contributed by atoms with van der Waals surface area (Å²) in [5.41, 5.74) is 2.76. The Bertz CT molecular complexity index is 807. The maximum atomic E-state index is 12.1. The Kier molecular flexibility index (Phi) is 4.66. The van der Waals surface area contributed by atoms with Crippen molar-refractivity contribution in [1.29, 1.82) is 0 Å². The fraction of sp³-hybridized carbons (Fsp3) is 0.235. The lowest BCUT2D eigenvalue weighted by molar-refractivity contribution is 0.0921. The summed E-state index contributed by atoms with van der Waals surface area (Å²) in [6.45, 7) is 3.80. The summed E-state index contributed by atoms with van der Waals surface area (Å²) in [7, 11) is -3.29. The van der Waals surface area contributed by atoms with E-state index < -0.39 is 9.84 Å². The third-order valence-corrected chi connectivity index (χ3v) is 4.54. The van der Waals surface area contributed by atoms with Gasteiger partial charge in [0, 0.05) is 11.8 Å². The normalized spacial score (nSPS) is 11.2. The Morgan fingerprint density at radius 2 is 1.77 bits per heavy atom. The molecule has 0 saturated carbocycles. The highest BCUT2D eigenvalue weighted by atomic mass is 32.2. The second-order valence-electron chi connectivity index (χ2n) is 5.26. The molecule has 0 bridgehead atoms. The van der Waals surface area contributed by atoms with Crippen molar-refractivity contribution in [2.45, 2.75) is 18.7 Å². The summed E-state index contributed by atoms with van der Waals surface area (Å²) in [4.78, 5) is 12.3. The van der Waals surface area contributed by atoms with Crippen LogP contribution < -0.4 is 4.74 Å². The summed E-state index contributed by atoms with van der Waals surface area (Å²) in [5, 5.41) is 0.